The molecule has 2 N–H and O–H groups in total. The van der Waals surface area contributed by atoms with Gasteiger partial charge >= 0.3 is 0 Å². The molecule has 5 heteroatoms. The zero-order chi connectivity index (χ0) is 22.7. The fourth-order valence-electron chi connectivity index (χ4n) is 4.38. The number of carbonyl (C=O) groups excluding carboxylic acids is 1. The van der Waals surface area contributed by atoms with E-state index in [4.69, 9.17) is 0 Å². The first-order chi connectivity index (χ1) is 15.4. The van der Waals surface area contributed by atoms with E-state index in [1.165, 1.54) is 0 Å². The standard InChI is InChI=1S/C27H28N2O3/c1-27(2,32)23(18-9-5-3-6-10-18)15-22(31)14-21-13-20-16-28-26(19-11-7-4-8-12-19)25(20)24(17-30)29-21/h3-13,23,30,32H,14-17H2,1-2H3/t23-/m0/s1. The molecular formula is C27H28N2O3. The Hall–Kier alpha value is -3.15. The van der Waals surface area contributed by atoms with Crippen molar-refractivity contribution >= 4 is 11.5 Å². The molecule has 1 aromatic heterocycles. The van der Waals surface area contributed by atoms with Crippen LogP contribution in [0.5, 0.6) is 0 Å². The lowest BCUT2D eigenvalue weighted by atomic mass is 9.80. The third kappa shape index (κ3) is 4.69. The van der Waals surface area contributed by atoms with Crippen molar-refractivity contribution in [2.75, 3.05) is 0 Å². The topological polar surface area (TPSA) is 82.8 Å². The maximum absolute atomic E-state index is 13.0. The summed E-state index contributed by atoms with van der Waals surface area (Å²) >= 11 is 0. The molecule has 0 radical (unpaired) electrons. The van der Waals surface area contributed by atoms with Gasteiger partial charge < -0.3 is 10.2 Å². The van der Waals surface area contributed by atoms with E-state index in [1.807, 2.05) is 66.7 Å². The largest absolute Gasteiger partial charge is 0.390 e. The van der Waals surface area contributed by atoms with E-state index in [2.05, 4.69) is 9.98 Å². The molecule has 0 aliphatic carbocycles. The Morgan fingerprint density at radius 2 is 1.72 bits per heavy atom. The Morgan fingerprint density at radius 3 is 2.34 bits per heavy atom. The lowest BCUT2D eigenvalue weighted by Gasteiger charge is -2.29. The van der Waals surface area contributed by atoms with Crippen LogP contribution in [0.1, 0.15) is 59.8 Å². The highest BCUT2D eigenvalue weighted by Crippen LogP contribution is 2.32. The van der Waals surface area contributed by atoms with E-state index in [0.717, 1.165) is 28.0 Å². The summed E-state index contributed by atoms with van der Waals surface area (Å²) in [6, 6.07) is 21.4. The van der Waals surface area contributed by atoms with Crippen LogP contribution < -0.4 is 0 Å². The van der Waals surface area contributed by atoms with E-state index >= 15 is 0 Å². The van der Waals surface area contributed by atoms with E-state index in [0.29, 0.717) is 17.9 Å². The normalized spacial score (nSPS) is 14.1. The van der Waals surface area contributed by atoms with E-state index in [9.17, 15) is 15.0 Å². The molecule has 0 unspecified atom stereocenters. The van der Waals surface area contributed by atoms with Crippen LogP contribution in [0, 0.1) is 0 Å². The number of hydrogen-bond acceptors (Lipinski definition) is 5. The number of nitrogens with zero attached hydrogens (tertiary/aromatic N) is 2. The SMILES string of the molecule is CC(C)(O)[C@@H](CC(=O)Cc1cc2c(c(CO)n1)C(c1ccccc1)=NC2)c1ccccc1. The van der Waals surface area contributed by atoms with Crippen LogP contribution in [0.2, 0.25) is 0 Å². The lowest BCUT2D eigenvalue weighted by molar-refractivity contribution is -0.120. The van der Waals surface area contributed by atoms with Gasteiger partial charge in [-0.1, -0.05) is 60.7 Å². The molecule has 2 heterocycles. The van der Waals surface area contributed by atoms with Crippen molar-refractivity contribution in [3.05, 3.63) is 100 Å². The second-order valence-electron chi connectivity index (χ2n) is 8.82. The summed E-state index contributed by atoms with van der Waals surface area (Å²) in [5.74, 6) is -0.310. The fraction of sp³-hybridized carbons (Fsp3) is 0.296. The zero-order valence-corrected chi connectivity index (χ0v) is 18.5. The van der Waals surface area contributed by atoms with Crippen LogP contribution >= 0.6 is 0 Å². The second-order valence-corrected chi connectivity index (χ2v) is 8.82. The van der Waals surface area contributed by atoms with Crippen molar-refractivity contribution in [1.82, 2.24) is 4.98 Å². The number of ketones is 1. The van der Waals surface area contributed by atoms with Crippen molar-refractivity contribution in [2.45, 2.75) is 51.4 Å². The van der Waals surface area contributed by atoms with Crippen LogP contribution in [0.4, 0.5) is 0 Å². The summed E-state index contributed by atoms with van der Waals surface area (Å²) in [6.45, 7) is 3.76. The van der Waals surface area contributed by atoms with Crippen LogP contribution in [0.15, 0.2) is 71.7 Å². The van der Waals surface area contributed by atoms with Gasteiger partial charge in [-0.2, -0.15) is 0 Å². The number of hydrogen-bond donors (Lipinski definition) is 2. The monoisotopic (exact) mass is 428 g/mol. The number of pyridine rings is 1. The predicted octanol–water partition coefficient (Wildman–Crippen LogP) is 3.98. The van der Waals surface area contributed by atoms with Crippen LogP contribution in [-0.2, 0) is 24.4 Å². The van der Waals surface area contributed by atoms with Crippen molar-refractivity contribution in [2.24, 2.45) is 4.99 Å². The molecule has 0 fully saturated rings. The molecule has 5 nitrogen and oxygen atoms in total. The van der Waals surface area contributed by atoms with E-state index < -0.39 is 5.60 Å². The summed E-state index contributed by atoms with van der Waals surface area (Å²) in [5, 5.41) is 20.7. The van der Waals surface area contributed by atoms with E-state index in [-0.39, 0.29) is 31.1 Å². The highest BCUT2D eigenvalue weighted by Gasteiger charge is 2.31. The third-order valence-electron chi connectivity index (χ3n) is 5.94. The molecule has 2 aromatic carbocycles. The van der Waals surface area contributed by atoms with Crippen molar-refractivity contribution in [3.63, 3.8) is 0 Å². The number of aliphatic hydroxyl groups is 2. The minimum atomic E-state index is -1.03. The third-order valence-corrected chi connectivity index (χ3v) is 5.94. The Balaban J connectivity index is 1.56. The van der Waals surface area contributed by atoms with Crippen molar-refractivity contribution in [1.29, 1.82) is 0 Å². The van der Waals surface area contributed by atoms with Crippen molar-refractivity contribution < 1.29 is 15.0 Å². The van der Waals surface area contributed by atoms with Gasteiger partial charge in [0.2, 0.25) is 0 Å². The number of rotatable bonds is 8. The Morgan fingerprint density at radius 1 is 1.06 bits per heavy atom. The number of benzene rings is 2. The summed E-state index contributed by atoms with van der Waals surface area (Å²) in [7, 11) is 0. The minimum absolute atomic E-state index is 0.000448. The maximum Gasteiger partial charge on any atom is 0.139 e. The average molecular weight is 429 g/mol. The molecule has 0 amide bonds. The number of aromatic nitrogens is 1. The summed E-state index contributed by atoms with van der Waals surface area (Å²) < 4.78 is 0. The molecular weight excluding hydrogens is 400 g/mol. The molecule has 0 spiro atoms. The Labute approximate surface area is 188 Å². The number of Topliss-reactive ketones (excluding diaryl/α,β-unsaturated/α-hetero) is 1. The van der Waals surface area contributed by atoms with Gasteiger partial charge in [-0.25, -0.2) is 0 Å². The number of fused-ring (bicyclic) bond motifs is 1. The van der Waals surface area contributed by atoms with Gasteiger partial charge in [0.25, 0.3) is 0 Å². The maximum atomic E-state index is 13.0. The first-order valence-electron chi connectivity index (χ1n) is 10.9. The minimum Gasteiger partial charge on any atom is -0.390 e. The lowest BCUT2D eigenvalue weighted by Crippen LogP contribution is -2.31. The molecule has 0 saturated heterocycles. The molecule has 1 aliphatic heterocycles. The first-order valence-corrected chi connectivity index (χ1v) is 10.9. The summed E-state index contributed by atoms with van der Waals surface area (Å²) in [5.41, 5.74) is 4.76. The highest BCUT2D eigenvalue weighted by molar-refractivity contribution is 6.15. The van der Waals surface area contributed by atoms with Crippen LogP contribution in [0.3, 0.4) is 0 Å². The molecule has 0 bridgehead atoms. The average Bonchev–Trinajstić information content (AvgIpc) is 3.21. The van der Waals surface area contributed by atoms with Gasteiger partial charge in [-0.05, 0) is 31.0 Å². The number of aliphatic hydroxyl groups excluding tert-OH is 1. The van der Waals surface area contributed by atoms with Gasteiger partial charge in [-0.15, -0.1) is 0 Å². The number of carbonyl (C=O) groups is 1. The highest BCUT2D eigenvalue weighted by atomic mass is 16.3. The van der Waals surface area contributed by atoms with Gasteiger partial charge in [0.1, 0.15) is 5.78 Å². The molecule has 32 heavy (non-hydrogen) atoms. The second kappa shape index (κ2) is 9.15. The number of aliphatic imine (C=N–C) groups is 1. The van der Waals surface area contributed by atoms with Gasteiger partial charge in [-0.3, -0.25) is 14.8 Å². The first kappa shape index (κ1) is 22.1. The Kier molecular flexibility index (Phi) is 6.31. The van der Waals surface area contributed by atoms with Gasteiger partial charge in [0.05, 0.1) is 30.2 Å². The summed E-state index contributed by atoms with van der Waals surface area (Å²) in [6.07, 6.45) is 0.368. The quantitative estimate of drug-likeness (QED) is 0.569. The van der Waals surface area contributed by atoms with Crippen LogP contribution in [0.25, 0.3) is 0 Å². The molecule has 1 aliphatic rings. The zero-order valence-electron chi connectivity index (χ0n) is 18.5. The fourth-order valence-corrected chi connectivity index (χ4v) is 4.38. The molecule has 4 rings (SSSR count). The van der Waals surface area contributed by atoms with Crippen molar-refractivity contribution in [3.8, 4) is 0 Å². The van der Waals surface area contributed by atoms with Gasteiger partial charge in [0, 0.05) is 35.6 Å². The molecule has 164 valence electrons. The predicted molar refractivity (Wildman–Crippen MR) is 125 cm³/mol. The summed E-state index contributed by atoms with van der Waals surface area (Å²) in [4.78, 5) is 22.3. The molecule has 0 saturated carbocycles. The van der Waals surface area contributed by atoms with E-state index in [1.54, 1.807) is 13.8 Å². The smallest absolute Gasteiger partial charge is 0.139 e. The molecule has 1 atom stereocenters. The van der Waals surface area contributed by atoms with Gasteiger partial charge in [0.15, 0.2) is 0 Å². The molecule has 3 aromatic rings. The van der Waals surface area contributed by atoms with Crippen LogP contribution in [-0.4, -0.2) is 32.3 Å². The Bertz CT molecular complexity index is 1130.